The Bertz CT molecular complexity index is 946. The fraction of sp³-hybridized carbons (Fsp3) is 0.158. The molecular formula is C19H16N2O2S. The van der Waals surface area contributed by atoms with E-state index in [0.29, 0.717) is 16.4 Å². The summed E-state index contributed by atoms with van der Waals surface area (Å²) in [7, 11) is 1.60. The fourth-order valence-electron chi connectivity index (χ4n) is 3.06. The lowest BCUT2D eigenvalue weighted by atomic mass is 10.1. The summed E-state index contributed by atoms with van der Waals surface area (Å²) in [5.74, 6) is 0.547. The van der Waals surface area contributed by atoms with E-state index in [1.54, 1.807) is 24.5 Å². The van der Waals surface area contributed by atoms with E-state index in [1.165, 1.54) is 16.0 Å². The highest BCUT2D eigenvalue weighted by Gasteiger charge is 2.24. The largest absolute Gasteiger partial charge is 0.496 e. The molecule has 0 saturated heterocycles. The van der Waals surface area contributed by atoms with Crippen LogP contribution in [0.2, 0.25) is 0 Å². The number of nitrogens with one attached hydrogen (secondary N) is 1. The molecule has 3 aromatic rings. The summed E-state index contributed by atoms with van der Waals surface area (Å²) >= 11 is 1.54. The lowest BCUT2D eigenvalue weighted by Gasteiger charge is -2.09. The van der Waals surface area contributed by atoms with E-state index >= 15 is 0 Å². The van der Waals surface area contributed by atoms with E-state index in [1.807, 2.05) is 31.2 Å². The molecule has 1 amide bonds. The van der Waals surface area contributed by atoms with E-state index in [4.69, 9.17) is 4.74 Å². The number of hydrogen-bond donors (Lipinski definition) is 1. The van der Waals surface area contributed by atoms with Crippen molar-refractivity contribution < 1.29 is 9.53 Å². The van der Waals surface area contributed by atoms with Gasteiger partial charge in [0.2, 0.25) is 0 Å². The van der Waals surface area contributed by atoms with Crippen molar-refractivity contribution in [3.05, 3.63) is 64.0 Å². The number of thiazole rings is 1. The molecule has 5 heteroatoms. The zero-order chi connectivity index (χ0) is 16.7. The number of nitrogens with zero attached hydrogens (tertiary/aromatic N) is 1. The molecular weight excluding hydrogens is 320 g/mol. The lowest BCUT2D eigenvalue weighted by Crippen LogP contribution is -2.13. The summed E-state index contributed by atoms with van der Waals surface area (Å²) < 4.78 is 5.28. The predicted octanol–water partition coefficient (Wildman–Crippen LogP) is 4.28. The molecule has 0 bridgehead atoms. The first-order valence-electron chi connectivity index (χ1n) is 7.70. The minimum atomic E-state index is -0.160. The predicted molar refractivity (Wildman–Crippen MR) is 96.0 cm³/mol. The third-order valence-electron chi connectivity index (χ3n) is 4.29. The molecule has 4 nitrogen and oxygen atoms in total. The number of anilines is 1. The van der Waals surface area contributed by atoms with Crippen LogP contribution >= 0.6 is 11.3 Å². The Kier molecular flexibility index (Phi) is 3.58. The number of ether oxygens (including phenoxy) is 1. The number of benzene rings is 2. The van der Waals surface area contributed by atoms with Gasteiger partial charge in [0.15, 0.2) is 5.13 Å². The summed E-state index contributed by atoms with van der Waals surface area (Å²) in [4.78, 5) is 18.4. The monoisotopic (exact) mass is 336 g/mol. The maximum atomic E-state index is 12.6. The average molecular weight is 336 g/mol. The molecule has 0 radical (unpaired) electrons. The van der Waals surface area contributed by atoms with Crippen molar-refractivity contribution in [2.75, 3.05) is 12.4 Å². The van der Waals surface area contributed by atoms with Crippen LogP contribution in [0.1, 0.15) is 26.4 Å². The number of aromatic nitrogens is 1. The number of fused-ring (bicyclic) bond motifs is 3. The Hall–Kier alpha value is -2.66. The zero-order valence-electron chi connectivity index (χ0n) is 13.4. The van der Waals surface area contributed by atoms with Gasteiger partial charge >= 0.3 is 0 Å². The van der Waals surface area contributed by atoms with Crippen LogP contribution in [0.25, 0.3) is 11.3 Å². The summed E-state index contributed by atoms with van der Waals surface area (Å²) in [6.45, 7) is 1.88. The Morgan fingerprint density at radius 1 is 1.21 bits per heavy atom. The van der Waals surface area contributed by atoms with Crippen LogP contribution in [-0.2, 0) is 6.42 Å². The highest BCUT2D eigenvalue weighted by atomic mass is 32.1. The normalized spacial score (nSPS) is 11.8. The molecule has 0 spiro atoms. The second-order valence-electron chi connectivity index (χ2n) is 5.71. The molecule has 0 fully saturated rings. The van der Waals surface area contributed by atoms with Crippen LogP contribution in [0, 0.1) is 6.92 Å². The van der Waals surface area contributed by atoms with Crippen molar-refractivity contribution in [2.45, 2.75) is 13.3 Å². The second-order valence-corrected chi connectivity index (χ2v) is 6.80. The van der Waals surface area contributed by atoms with Gasteiger partial charge < -0.3 is 4.74 Å². The Morgan fingerprint density at radius 2 is 2.04 bits per heavy atom. The SMILES string of the molecule is COc1cccc(C(=O)Nc2nc3c(s2)Cc2ccccc2-3)c1C. The van der Waals surface area contributed by atoms with Gasteiger partial charge in [0.05, 0.1) is 12.8 Å². The molecule has 4 rings (SSSR count). The standard InChI is InChI=1S/C19H16N2O2S/c1-11-13(8-5-9-15(11)23-2)18(22)21-19-20-17-14-7-4-3-6-12(14)10-16(17)24-19/h3-9H,10H2,1-2H3,(H,20,21,22). The van der Waals surface area contributed by atoms with Crippen LogP contribution in [0.15, 0.2) is 42.5 Å². The molecule has 1 aliphatic carbocycles. The van der Waals surface area contributed by atoms with Crippen LogP contribution < -0.4 is 10.1 Å². The smallest absolute Gasteiger partial charge is 0.257 e. The Labute approximate surface area is 144 Å². The van der Waals surface area contributed by atoms with Crippen molar-refractivity contribution in [2.24, 2.45) is 0 Å². The fourth-order valence-corrected chi connectivity index (χ4v) is 4.05. The number of amides is 1. The van der Waals surface area contributed by atoms with Crippen molar-refractivity contribution in [1.82, 2.24) is 4.98 Å². The highest BCUT2D eigenvalue weighted by molar-refractivity contribution is 7.16. The summed E-state index contributed by atoms with van der Waals surface area (Å²) in [5.41, 5.74) is 4.89. The summed E-state index contributed by atoms with van der Waals surface area (Å²) in [6, 6.07) is 13.7. The van der Waals surface area contributed by atoms with Crippen LogP contribution in [0.5, 0.6) is 5.75 Å². The number of carbonyl (C=O) groups excluding carboxylic acids is 1. The highest BCUT2D eigenvalue weighted by Crippen LogP contribution is 2.40. The summed E-state index contributed by atoms with van der Waals surface area (Å²) in [5, 5.41) is 3.56. The van der Waals surface area contributed by atoms with Gasteiger partial charge in [-0.05, 0) is 24.6 Å². The van der Waals surface area contributed by atoms with E-state index in [0.717, 1.165) is 17.7 Å². The number of hydrogen-bond acceptors (Lipinski definition) is 4. The van der Waals surface area contributed by atoms with Gasteiger partial charge in [-0.15, -0.1) is 11.3 Å². The molecule has 24 heavy (non-hydrogen) atoms. The van der Waals surface area contributed by atoms with Gasteiger partial charge in [0.25, 0.3) is 5.91 Å². The maximum absolute atomic E-state index is 12.6. The molecule has 1 aromatic heterocycles. The topological polar surface area (TPSA) is 51.2 Å². The quantitative estimate of drug-likeness (QED) is 0.607. The number of methoxy groups -OCH3 is 1. The maximum Gasteiger partial charge on any atom is 0.257 e. The minimum absolute atomic E-state index is 0.160. The molecule has 0 aliphatic heterocycles. The van der Waals surface area contributed by atoms with Gasteiger partial charge in [-0.1, -0.05) is 30.3 Å². The first-order chi connectivity index (χ1) is 11.7. The van der Waals surface area contributed by atoms with Crippen molar-refractivity contribution in [1.29, 1.82) is 0 Å². The molecule has 2 aromatic carbocycles. The van der Waals surface area contributed by atoms with E-state index in [9.17, 15) is 4.79 Å². The van der Waals surface area contributed by atoms with Crippen molar-refractivity contribution in [3.63, 3.8) is 0 Å². The average Bonchev–Trinajstić information content (AvgIpc) is 3.12. The van der Waals surface area contributed by atoms with Crippen molar-refractivity contribution >= 4 is 22.4 Å². The Balaban J connectivity index is 1.61. The van der Waals surface area contributed by atoms with Crippen molar-refractivity contribution in [3.8, 4) is 17.0 Å². The first-order valence-corrected chi connectivity index (χ1v) is 8.52. The zero-order valence-corrected chi connectivity index (χ0v) is 14.2. The van der Waals surface area contributed by atoms with Gasteiger partial charge in [0, 0.05) is 28.0 Å². The van der Waals surface area contributed by atoms with Gasteiger partial charge in [-0.25, -0.2) is 4.98 Å². The third-order valence-corrected chi connectivity index (χ3v) is 5.26. The van der Waals surface area contributed by atoms with Crippen LogP contribution in [-0.4, -0.2) is 18.0 Å². The third kappa shape index (κ3) is 2.37. The molecule has 1 aliphatic rings. The molecule has 0 saturated carbocycles. The minimum Gasteiger partial charge on any atom is -0.496 e. The summed E-state index contributed by atoms with van der Waals surface area (Å²) in [6.07, 6.45) is 0.886. The Morgan fingerprint density at radius 3 is 2.88 bits per heavy atom. The first kappa shape index (κ1) is 14.9. The molecule has 0 atom stereocenters. The van der Waals surface area contributed by atoms with Crippen LogP contribution in [0.3, 0.4) is 0 Å². The number of carbonyl (C=O) groups is 1. The lowest BCUT2D eigenvalue weighted by molar-refractivity contribution is 0.102. The van der Waals surface area contributed by atoms with Gasteiger partial charge in [-0.3, -0.25) is 10.1 Å². The number of rotatable bonds is 3. The van der Waals surface area contributed by atoms with E-state index < -0.39 is 0 Å². The van der Waals surface area contributed by atoms with Gasteiger partial charge in [-0.2, -0.15) is 0 Å². The molecule has 1 N–H and O–H groups in total. The van der Waals surface area contributed by atoms with E-state index in [2.05, 4.69) is 22.4 Å². The molecule has 120 valence electrons. The van der Waals surface area contributed by atoms with Crippen LogP contribution in [0.4, 0.5) is 5.13 Å². The molecule has 1 heterocycles. The van der Waals surface area contributed by atoms with Gasteiger partial charge in [0.1, 0.15) is 5.75 Å². The second kappa shape index (κ2) is 5.76. The molecule has 0 unspecified atom stereocenters. The van der Waals surface area contributed by atoms with E-state index in [-0.39, 0.29) is 5.91 Å².